The van der Waals surface area contributed by atoms with Crippen molar-refractivity contribution >= 4 is 65.6 Å². The van der Waals surface area contributed by atoms with Gasteiger partial charge in [-0.05, 0) is 95.1 Å². The number of fused-ring (bicyclic) bond motifs is 10. The van der Waals surface area contributed by atoms with Crippen LogP contribution < -0.4 is 0 Å². The predicted octanol–water partition coefficient (Wildman–Crippen LogP) is 16.3. The Kier molecular flexibility index (Phi) is 8.79. The van der Waals surface area contributed by atoms with Gasteiger partial charge in [-0.15, -0.1) is 0 Å². The van der Waals surface area contributed by atoms with E-state index in [1.165, 1.54) is 38.1 Å². The zero-order valence-electron chi connectivity index (χ0n) is 37.2. The van der Waals surface area contributed by atoms with E-state index >= 15 is 0 Å². The van der Waals surface area contributed by atoms with Gasteiger partial charge < -0.3 is 13.6 Å². The van der Waals surface area contributed by atoms with Crippen LogP contribution in [0.2, 0.25) is 0 Å². The Balaban J connectivity index is 0.928. The van der Waals surface area contributed by atoms with Crippen molar-refractivity contribution in [3.8, 4) is 67.8 Å². The summed E-state index contributed by atoms with van der Waals surface area (Å²) < 4.78 is 11.5. The molecule has 4 aromatic heterocycles. The summed E-state index contributed by atoms with van der Waals surface area (Å²) in [5.74, 6) is 1.88. The Bertz CT molecular complexity index is 4230. The van der Waals surface area contributed by atoms with Gasteiger partial charge in [0.15, 0.2) is 17.5 Å². The van der Waals surface area contributed by atoms with Crippen molar-refractivity contribution in [2.45, 2.75) is 0 Å². The fraction of sp³-hybridized carbons (Fsp3) is 0. The molecule has 0 amide bonds. The van der Waals surface area contributed by atoms with Crippen LogP contribution >= 0.6 is 0 Å². The zero-order valence-corrected chi connectivity index (χ0v) is 37.2. The minimum absolute atomic E-state index is 0.614. The fourth-order valence-corrected chi connectivity index (χ4v) is 10.4. The van der Waals surface area contributed by atoms with Gasteiger partial charge in [-0.1, -0.05) is 164 Å². The van der Waals surface area contributed by atoms with Gasteiger partial charge >= 0.3 is 0 Å². The third-order valence-corrected chi connectivity index (χ3v) is 13.6. The summed E-state index contributed by atoms with van der Waals surface area (Å²) in [7, 11) is 0. The molecule has 4 heterocycles. The lowest BCUT2D eigenvalue weighted by atomic mass is 9.96. The standard InChI is InChI=1S/C63H39N5O/c1-5-17-40(18-6-1)61-64-62(41-19-7-2-8-20-41)66-63(65-61)45-22-15-21-44(37-45)48-28-16-30-57-58(48)52-39-43(32-36-56(52)69-57)42-31-34-54-51(38-42)49-33-35-55-59(60(49)68(54)47-25-11-4-12-26-47)50-27-13-14-29-53(50)67(55)46-23-9-3-10-24-46/h1-39H. The minimum atomic E-state index is 0.614. The number of benzene rings is 10. The van der Waals surface area contributed by atoms with Crippen LogP contribution in [-0.4, -0.2) is 24.1 Å². The highest BCUT2D eigenvalue weighted by atomic mass is 16.3. The Morgan fingerprint density at radius 3 is 1.54 bits per heavy atom. The first-order valence-corrected chi connectivity index (χ1v) is 23.3. The minimum Gasteiger partial charge on any atom is -0.456 e. The number of hydrogen-bond donors (Lipinski definition) is 0. The van der Waals surface area contributed by atoms with Crippen LogP contribution in [-0.2, 0) is 0 Å². The van der Waals surface area contributed by atoms with E-state index < -0.39 is 0 Å². The average Bonchev–Trinajstić information content (AvgIpc) is 4.09. The van der Waals surface area contributed by atoms with Crippen molar-refractivity contribution in [3.05, 3.63) is 237 Å². The van der Waals surface area contributed by atoms with Gasteiger partial charge in [-0.3, -0.25) is 0 Å². The summed E-state index contributed by atoms with van der Waals surface area (Å²) in [6.07, 6.45) is 0. The summed E-state index contributed by atoms with van der Waals surface area (Å²) in [6, 6.07) is 83.4. The maximum atomic E-state index is 6.60. The van der Waals surface area contributed by atoms with Crippen molar-refractivity contribution in [3.63, 3.8) is 0 Å². The third kappa shape index (κ3) is 6.30. The SMILES string of the molecule is c1ccc(-c2nc(-c3ccccc3)nc(-c3cccc(-c4cccc5oc6ccc(-c7ccc8c(c7)c7ccc9c(c%10ccccc%10n9-c9ccccc9)c7n8-c7ccccc7)cc6c45)c3)n2)cc1. The van der Waals surface area contributed by atoms with E-state index in [0.29, 0.717) is 17.5 Å². The largest absolute Gasteiger partial charge is 0.456 e. The van der Waals surface area contributed by atoms with Gasteiger partial charge in [-0.2, -0.15) is 0 Å². The maximum Gasteiger partial charge on any atom is 0.164 e. The molecular weight excluding hydrogens is 843 g/mol. The molecule has 69 heavy (non-hydrogen) atoms. The van der Waals surface area contributed by atoms with Gasteiger partial charge in [0.2, 0.25) is 0 Å². The second-order valence-electron chi connectivity index (χ2n) is 17.6. The molecule has 322 valence electrons. The van der Waals surface area contributed by atoms with Crippen molar-refractivity contribution < 1.29 is 4.42 Å². The Labute approximate surface area is 396 Å². The van der Waals surface area contributed by atoms with Crippen LogP contribution in [0.4, 0.5) is 0 Å². The normalized spacial score (nSPS) is 11.8. The van der Waals surface area contributed by atoms with Gasteiger partial charge in [0.05, 0.1) is 22.1 Å². The lowest BCUT2D eigenvalue weighted by Crippen LogP contribution is -2.00. The summed E-state index contributed by atoms with van der Waals surface area (Å²) in [5.41, 5.74) is 15.8. The highest BCUT2D eigenvalue weighted by Gasteiger charge is 2.22. The zero-order chi connectivity index (χ0) is 45.4. The molecule has 0 spiro atoms. The number of hydrogen-bond acceptors (Lipinski definition) is 4. The van der Waals surface area contributed by atoms with Gasteiger partial charge in [-0.25, -0.2) is 15.0 Å². The molecule has 0 saturated heterocycles. The van der Waals surface area contributed by atoms with Crippen LogP contribution in [0.25, 0.3) is 133 Å². The number of rotatable bonds is 7. The molecule has 0 aliphatic heterocycles. The van der Waals surface area contributed by atoms with E-state index in [1.54, 1.807) is 0 Å². The van der Waals surface area contributed by atoms with Crippen molar-refractivity contribution in [2.75, 3.05) is 0 Å². The van der Waals surface area contributed by atoms with Crippen LogP contribution in [0.15, 0.2) is 241 Å². The molecule has 0 fully saturated rings. The summed E-state index contributed by atoms with van der Waals surface area (Å²) in [4.78, 5) is 15.0. The lowest BCUT2D eigenvalue weighted by molar-refractivity contribution is 0.669. The third-order valence-electron chi connectivity index (χ3n) is 13.6. The number of para-hydroxylation sites is 3. The molecule has 0 radical (unpaired) electrons. The molecule has 0 bridgehead atoms. The quantitative estimate of drug-likeness (QED) is 0.160. The Morgan fingerprint density at radius 2 is 0.826 bits per heavy atom. The summed E-state index contributed by atoms with van der Waals surface area (Å²) in [5, 5.41) is 6.99. The van der Waals surface area contributed by atoms with E-state index in [-0.39, 0.29) is 0 Å². The Hall–Kier alpha value is -9.39. The van der Waals surface area contributed by atoms with Gasteiger partial charge in [0.1, 0.15) is 11.2 Å². The van der Waals surface area contributed by atoms with Crippen LogP contribution in [0.3, 0.4) is 0 Å². The molecule has 0 aliphatic rings. The predicted molar refractivity (Wildman–Crippen MR) is 283 cm³/mol. The van der Waals surface area contributed by atoms with Gasteiger partial charge in [0, 0.05) is 60.4 Å². The summed E-state index contributed by atoms with van der Waals surface area (Å²) >= 11 is 0. The molecule has 0 atom stereocenters. The second kappa shape index (κ2) is 15.6. The van der Waals surface area contributed by atoms with E-state index in [0.717, 1.165) is 77.8 Å². The first kappa shape index (κ1) is 38.8. The first-order chi connectivity index (χ1) is 34.2. The number of nitrogens with zero attached hydrogens (tertiary/aromatic N) is 5. The molecule has 0 saturated carbocycles. The van der Waals surface area contributed by atoms with E-state index in [1.807, 2.05) is 60.7 Å². The second-order valence-corrected chi connectivity index (χ2v) is 17.6. The van der Waals surface area contributed by atoms with Crippen LogP contribution in [0.5, 0.6) is 0 Å². The molecule has 0 aliphatic carbocycles. The van der Waals surface area contributed by atoms with E-state index in [2.05, 4.69) is 185 Å². The number of furan rings is 1. The molecule has 6 heteroatoms. The molecule has 14 aromatic rings. The molecular formula is C63H39N5O. The van der Waals surface area contributed by atoms with E-state index in [4.69, 9.17) is 19.4 Å². The van der Waals surface area contributed by atoms with Crippen molar-refractivity contribution in [2.24, 2.45) is 0 Å². The topological polar surface area (TPSA) is 61.7 Å². The highest BCUT2D eigenvalue weighted by molar-refractivity contribution is 6.26. The highest BCUT2D eigenvalue weighted by Crippen LogP contribution is 2.44. The number of aromatic nitrogens is 5. The molecule has 10 aromatic carbocycles. The first-order valence-electron chi connectivity index (χ1n) is 23.3. The van der Waals surface area contributed by atoms with Crippen molar-refractivity contribution in [1.29, 1.82) is 0 Å². The van der Waals surface area contributed by atoms with Gasteiger partial charge in [0.25, 0.3) is 0 Å². The van der Waals surface area contributed by atoms with Crippen molar-refractivity contribution in [1.82, 2.24) is 24.1 Å². The lowest BCUT2D eigenvalue weighted by Gasteiger charge is -2.10. The average molecular weight is 882 g/mol. The molecule has 6 nitrogen and oxygen atoms in total. The fourth-order valence-electron chi connectivity index (χ4n) is 10.4. The monoisotopic (exact) mass is 881 g/mol. The van der Waals surface area contributed by atoms with E-state index in [9.17, 15) is 0 Å². The molecule has 0 N–H and O–H groups in total. The smallest absolute Gasteiger partial charge is 0.164 e. The van der Waals surface area contributed by atoms with Crippen LogP contribution in [0.1, 0.15) is 0 Å². The summed E-state index contributed by atoms with van der Waals surface area (Å²) in [6.45, 7) is 0. The maximum absolute atomic E-state index is 6.60. The Morgan fingerprint density at radius 1 is 0.290 bits per heavy atom. The molecule has 0 unspecified atom stereocenters. The van der Waals surface area contributed by atoms with Crippen LogP contribution in [0, 0.1) is 0 Å². The molecule has 14 rings (SSSR count).